The van der Waals surface area contributed by atoms with Crippen LogP contribution in [-0.2, 0) is 9.59 Å². The van der Waals surface area contributed by atoms with Crippen molar-refractivity contribution in [2.75, 3.05) is 45.1 Å². The summed E-state index contributed by atoms with van der Waals surface area (Å²) >= 11 is 1.48. The van der Waals surface area contributed by atoms with Crippen molar-refractivity contribution in [1.29, 1.82) is 0 Å². The molecule has 2 heterocycles. The van der Waals surface area contributed by atoms with Crippen molar-refractivity contribution in [1.82, 2.24) is 15.1 Å². The van der Waals surface area contributed by atoms with E-state index in [-0.39, 0.29) is 35.3 Å². The average molecular weight is 601 g/mol. The minimum atomic E-state index is -0.366. The second kappa shape index (κ2) is 13.2. The van der Waals surface area contributed by atoms with Gasteiger partial charge in [0.2, 0.25) is 11.8 Å². The van der Waals surface area contributed by atoms with Crippen LogP contribution in [0.15, 0.2) is 72.8 Å². The van der Waals surface area contributed by atoms with Gasteiger partial charge in [-0.25, -0.2) is 4.68 Å². The normalized spacial score (nSPS) is 14.7. The highest BCUT2D eigenvalue weighted by Crippen LogP contribution is 2.51. The summed E-state index contributed by atoms with van der Waals surface area (Å²) in [5.74, 6) is 2.55. The van der Waals surface area contributed by atoms with E-state index in [1.54, 1.807) is 30.9 Å². The fourth-order valence-corrected chi connectivity index (χ4v) is 6.25. The van der Waals surface area contributed by atoms with Crippen molar-refractivity contribution in [2.24, 2.45) is 5.92 Å². The number of benzene rings is 3. The fraction of sp³-hybridized carbons (Fsp3) is 0.303. The molecule has 43 heavy (non-hydrogen) atoms. The lowest BCUT2D eigenvalue weighted by Crippen LogP contribution is -2.43. The van der Waals surface area contributed by atoms with E-state index in [1.165, 1.54) is 11.8 Å². The number of aromatic nitrogens is 2. The number of ether oxygens (including phenoxy) is 3. The third-order valence-electron chi connectivity index (χ3n) is 7.18. The van der Waals surface area contributed by atoms with Crippen LogP contribution in [0.1, 0.15) is 30.2 Å². The van der Waals surface area contributed by atoms with E-state index in [9.17, 15) is 9.59 Å². The van der Waals surface area contributed by atoms with Gasteiger partial charge in [0.05, 0.1) is 43.7 Å². The first-order chi connectivity index (χ1) is 20.8. The molecular weight excluding hydrogens is 564 g/mol. The van der Waals surface area contributed by atoms with Crippen molar-refractivity contribution in [3.05, 3.63) is 83.9 Å². The molecule has 3 aromatic carbocycles. The highest BCUT2D eigenvalue weighted by Gasteiger charge is 2.38. The Bertz CT molecular complexity index is 1590. The number of nitrogens with one attached hydrogen (secondary N) is 1. The smallest absolute Gasteiger partial charge is 0.240 e. The highest BCUT2D eigenvalue weighted by atomic mass is 32.2. The lowest BCUT2D eigenvalue weighted by Gasteiger charge is -2.24. The predicted molar refractivity (Wildman–Crippen MR) is 170 cm³/mol. The van der Waals surface area contributed by atoms with Gasteiger partial charge in [0.15, 0.2) is 0 Å². The number of hydrogen-bond donors (Lipinski definition) is 1. The molecule has 1 atom stereocenters. The summed E-state index contributed by atoms with van der Waals surface area (Å²) in [4.78, 5) is 28.7. The molecule has 0 bridgehead atoms. The van der Waals surface area contributed by atoms with E-state index in [2.05, 4.69) is 5.32 Å². The Morgan fingerprint density at radius 2 is 1.67 bits per heavy atom. The molecule has 2 amide bonds. The van der Waals surface area contributed by atoms with Crippen molar-refractivity contribution in [2.45, 2.75) is 19.1 Å². The van der Waals surface area contributed by atoms with Crippen LogP contribution < -0.4 is 24.4 Å². The van der Waals surface area contributed by atoms with Crippen molar-refractivity contribution in [3.63, 3.8) is 0 Å². The number of hydrogen-bond acceptors (Lipinski definition) is 7. The van der Waals surface area contributed by atoms with Crippen LogP contribution in [-0.4, -0.2) is 61.8 Å². The van der Waals surface area contributed by atoms with E-state index in [0.29, 0.717) is 35.3 Å². The van der Waals surface area contributed by atoms with Crippen molar-refractivity contribution in [3.8, 4) is 34.2 Å². The number of nitrogens with zero attached hydrogens (tertiary/aromatic N) is 3. The molecule has 224 valence electrons. The van der Waals surface area contributed by atoms with E-state index in [4.69, 9.17) is 19.3 Å². The summed E-state index contributed by atoms with van der Waals surface area (Å²) < 4.78 is 18.6. The van der Waals surface area contributed by atoms with Crippen LogP contribution >= 0.6 is 11.8 Å². The summed E-state index contributed by atoms with van der Waals surface area (Å²) in [5, 5.41) is 7.74. The van der Waals surface area contributed by atoms with Crippen molar-refractivity contribution < 1.29 is 23.8 Å². The van der Waals surface area contributed by atoms with Gasteiger partial charge >= 0.3 is 0 Å². The van der Waals surface area contributed by atoms with Crippen LogP contribution in [0.25, 0.3) is 16.9 Å². The fourth-order valence-electron chi connectivity index (χ4n) is 5.04. The van der Waals surface area contributed by atoms with Crippen LogP contribution in [0.4, 0.5) is 5.82 Å². The molecule has 5 rings (SSSR count). The molecule has 9 nitrogen and oxygen atoms in total. The molecule has 1 aliphatic rings. The largest absolute Gasteiger partial charge is 0.497 e. The van der Waals surface area contributed by atoms with Crippen LogP contribution in [0.2, 0.25) is 0 Å². The number of amides is 2. The van der Waals surface area contributed by atoms with E-state index in [1.807, 2.05) is 86.6 Å². The maximum atomic E-state index is 13.9. The second-order valence-electron chi connectivity index (χ2n) is 10.5. The Morgan fingerprint density at radius 1 is 0.977 bits per heavy atom. The topological polar surface area (TPSA) is 94.9 Å². The van der Waals surface area contributed by atoms with Gasteiger partial charge < -0.3 is 19.5 Å². The third kappa shape index (κ3) is 6.34. The SMILES string of the molecule is COc1ccc(-n2nc(-c3ccccc3)c3c2N(CC(=O)NCC(C)C)C(=O)CSC3c2cc(OC)ccc2OC)cc1. The zero-order valence-corrected chi connectivity index (χ0v) is 25.8. The van der Waals surface area contributed by atoms with Crippen LogP contribution in [0, 0.1) is 5.92 Å². The molecule has 1 N–H and O–H groups in total. The summed E-state index contributed by atoms with van der Waals surface area (Å²) in [7, 11) is 4.86. The minimum absolute atomic E-state index is 0.142. The molecule has 10 heteroatoms. The number of fused-ring (bicyclic) bond motifs is 1. The lowest BCUT2D eigenvalue weighted by molar-refractivity contribution is -0.123. The summed E-state index contributed by atoms with van der Waals surface area (Å²) in [6, 6.07) is 23.0. The molecular formula is C33H36N4O5S. The first kappa shape index (κ1) is 30.0. The van der Waals surface area contributed by atoms with E-state index < -0.39 is 0 Å². The predicted octanol–water partition coefficient (Wildman–Crippen LogP) is 5.51. The van der Waals surface area contributed by atoms with Gasteiger partial charge in [-0.15, -0.1) is 11.8 Å². The number of methoxy groups -OCH3 is 3. The Labute approximate surface area is 256 Å². The quantitative estimate of drug-likeness (QED) is 0.257. The number of thioether (sulfide) groups is 1. The summed E-state index contributed by atoms with van der Waals surface area (Å²) in [5.41, 5.74) is 3.97. The van der Waals surface area contributed by atoms with Gasteiger partial charge in [0.1, 0.15) is 29.6 Å². The van der Waals surface area contributed by atoms with Gasteiger partial charge in [0.25, 0.3) is 0 Å². The maximum Gasteiger partial charge on any atom is 0.240 e. The molecule has 1 aliphatic heterocycles. The van der Waals surface area contributed by atoms with Gasteiger partial charge in [-0.2, -0.15) is 5.10 Å². The van der Waals surface area contributed by atoms with Crippen LogP contribution in [0.5, 0.6) is 17.2 Å². The minimum Gasteiger partial charge on any atom is -0.497 e. The average Bonchev–Trinajstić information content (AvgIpc) is 3.36. The Balaban J connectivity index is 1.79. The van der Waals surface area contributed by atoms with E-state index >= 15 is 0 Å². The molecule has 0 saturated carbocycles. The molecule has 0 aliphatic carbocycles. The zero-order chi connectivity index (χ0) is 30.5. The van der Waals surface area contributed by atoms with Gasteiger partial charge in [0, 0.05) is 23.2 Å². The number of carbonyl (C=O) groups excluding carboxylic acids is 2. The van der Waals surface area contributed by atoms with E-state index in [0.717, 1.165) is 22.4 Å². The van der Waals surface area contributed by atoms with Gasteiger partial charge in [-0.05, 0) is 48.4 Å². The standard InChI is InChI=1S/C33H36N4O5S/c1-21(2)18-34-28(38)19-36-29(39)20-43-32(26-17-25(41-4)15-16-27(26)42-5)30-31(22-9-7-6-8-10-22)35-37(33(30)36)23-11-13-24(40-3)14-12-23/h6-17,21,32H,18-20H2,1-5H3,(H,34,38). The maximum absolute atomic E-state index is 13.9. The summed E-state index contributed by atoms with van der Waals surface area (Å²) in [6.07, 6.45) is 0. The number of rotatable bonds is 10. The third-order valence-corrected chi connectivity index (χ3v) is 8.42. The molecule has 0 fully saturated rings. The first-order valence-corrected chi connectivity index (χ1v) is 15.1. The lowest BCUT2D eigenvalue weighted by atomic mass is 9.98. The Hall–Kier alpha value is -4.44. The number of anilines is 1. The highest BCUT2D eigenvalue weighted by molar-refractivity contribution is 8.00. The molecule has 0 saturated heterocycles. The first-order valence-electron chi connectivity index (χ1n) is 14.1. The van der Waals surface area contributed by atoms with Crippen molar-refractivity contribution >= 4 is 29.4 Å². The Morgan fingerprint density at radius 3 is 2.33 bits per heavy atom. The molecule has 0 radical (unpaired) electrons. The summed E-state index contributed by atoms with van der Waals surface area (Å²) in [6.45, 7) is 4.43. The van der Waals surface area contributed by atoms with Crippen LogP contribution in [0.3, 0.4) is 0 Å². The van der Waals surface area contributed by atoms with Gasteiger partial charge in [-0.1, -0.05) is 44.2 Å². The molecule has 0 spiro atoms. The van der Waals surface area contributed by atoms with Gasteiger partial charge in [-0.3, -0.25) is 14.5 Å². The molecule has 1 aromatic heterocycles. The Kier molecular flexibility index (Phi) is 9.25. The number of carbonyl (C=O) groups is 2. The monoisotopic (exact) mass is 600 g/mol. The zero-order valence-electron chi connectivity index (χ0n) is 25.0. The molecule has 4 aromatic rings. The second-order valence-corrected chi connectivity index (χ2v) is 11.6. The molecule has 1 unspecified atom stereocenters.